The van der Waals surface area contributed by atoms with Crippen molar-refractivity contribution in [2.75, 3.05) is 6.54 Å². The van der Waals surface area contributed by atoms with Crippen LogP contribution in [-0.4, -0.2) is 35.7 Å². The predicted octanol–water partition coefficient (Wildman–Crippen LogP) is 1.71. The topological polar surface area (TPSA) is 75.6 Å². The third kappa shape index (κ3) is 3.61. The number of aliphatic carboxylic acids is 1. The molecule has 114 valence electrons. The number of carboxylic acids is 1. The van der Waals surface area contributed by atoms with Gasteiger partial charge in [-0.2, -0.15) is 0 Å². The highest BCUT2D eigenvalue weighted by Crippen LogP contribution is 2.24. The first-order valence-corrected chi connectivity index (χ1v) is 7.13. The van der Waals surface area contributed by atoms with E-state index in [0.717, 1.165) is 5.56 Å². The van der Waals surface area contributed by atoms with Crippen LogP contribution in [0.2, 0.25) is 0 Å². The molecule has 5 nitrogen and oxygen atoms in total. The molecular formula is C16H21NO4. The molecule has 1 aromatic carbocycles. The van der Waals surface area contributed by atoms with Crippen molar-refractivity contribution >= 4 is 11.9 Å². The summed E-state index contributed by atoms with van der Waals surface area (Å²) in [5.74, 6) is -1.02. The molecule has 2 rings (SSSR count). The van der Waals surface area contributed by atoms with Crippen molar-refractivity contribution in [3.8, 4) is 0 Å². The number of ether oxygens (including phenoxy) is 1. The molecule has 0 aromatic heterocycles. The average molecular weight is 291 g/mol. The van der Waals surface area contributed by atoms with Gasteiger partial charge in [0.1, 0.15) is 0 Å². The van der Waals surface area contributed by atoms with Gasteiger partial charge in [-0.15, -0.1) is 0 Å². The molecule has 0 bridgehead atoms. The van der Waals surface area contributed by atoms with Crippen LogP contribution in [-0.2, 0) is 19.7 Å². The Morgan fingerprint density at radius 1 is 1.29 bits per heavy atom. The SMILES string of the molecule is CC(C)(C(=O)NCC1CCC(C(=O)O)O1)c1ccccc1. The molecule has 0 aliphatic carbocycles. The quantitative estimate of drug-likeness (QED) is 0.866. The fraction of sp³-hybridized carbons (Fsp3) is 0.500. The van der Waals surface area contributed by atoms with Crippen LogP contribution in [0.4, 0.5) is 0 Å². The van der Waals surface area contributed by atoms with E-state index >= 15 is 0 Å². The molecule has 2 atom stereocenters. The Bertz CT molecular complexity index is 512. The van der Waals surface area contributed by atoms with Gasteiger partial charge in [0.25, 0.3) is 0 Å². The zero-order valence-corrected chi connectivity index (χ0v) is 12.3. The minimum absolute atomic E-state index is 0.0870. The number of amides is 1. The second-order valence-electron chi connectivity index (χ2n) is 5.86. The summed E-state index contributed by atoms with van der Waals surface area (Å²) in [6, 6.07) is 9.57. The predicted molar refractivity (Wildman–Crippen MR) is 78.0 cm³/mol. The average Bonchev–Trinajstić information content (AvgIpc) is 2.94. The van der Waals surface area contributed by atoms with E-state index in [1.165, 1.54) is 0 Å². The van der Waals surface area contributed by atoms with Gasteiger partial charge in [-0.05, 0) is 32.3 Å². The van der Waals surface area contributed by atoms with E-state index in [1.807, 2.05) is 44.2 Å². The van der Waals surface area contributed by atoms with Crippen molar-refractivity contribution < 1.29 is 19.4 Å². The van der Waals surface area contributed by atoms with Crippen molar-refractivity contribution in [3.05, 3.63) is 35.9 Å². The van der Waals surface area contributed by atoms with Gasteiger partial charge in [0.15, 0.2) is 6.10 Å². The van der Waals surface area contributed by atoms with Crippen LogP contribution in [0, 0.1) is 0 Å². The maximum Gasteiger partial charge on any atom is 0.332 e. The molecule has 1 fully saturated rings. The molecule has 5 heteroatoms. The van der Waals surface area contributed by atoms with Crippen LogP contribution >= 0.6 is 0 Å². The number of hydrogen-bond acceptors (Lipinski definition) is 3. The molecule has 21 heavy (non-hydrogen) atoms. The Hall–Kier alpha value is -1.88. The van der Waals surface area contributed by atoms with E-state index in [0.29, 0.717) is 19.4 Å². The maximum absolute atomic E-state index is 12.4. The highest BCUT2D eigenvalue weighted by molar-refractivity contribution is 5.87. The number of carboxylic acid groups (broad SMARTS) is 1. The van der Waals surface area contributed by atoms with Gasteiger partial charge in [0.05, 0.1) is 11.5 Å². The van der Waals surface area contributed by atoms with Crippen molar-refractivity contribution in [2.45, 2.75) is 44.3 Å². The summed E-state index contributed by atoms with van der Waals surface area (Å²) in [4.78, 5) is 23.2. The number of nitrogens with one attached hydrogen (secondary N) is 1. The van der Waals surface area contributed by atoms with Gasteiger partial charge >= 0.3 is 5.97 Å². The van der Waals surface area contributed by atoms with E-state index in [4.69, 9.17) is 9.84 Å². The molecule has 1 aliphatic rings. The van der Waals surface area contributed by atoms with Crippen LogP contribution < -0.4 is 5.32 Å². The first-order chi connectivity index (χ1) is 9.91. The molecule has 0 saturated carbocycles. The third-order valence-corrected chi connectivity index (χ3v) is 3.94. The summed E-state index contributed by atoms with van der Waals surface area (Å²) in [6.45, 7) is 4.08. The van der Waals surface area contributed by atoms with Crippen LogP contribution in [0.25, 0.3) is 0 Å². The van der Waals surface area contributed by atoms with E-state index < -0.39 is 17.5 Å². The number of rotatable bonds is 5. The maximum atomic E-state index is 12.4. The minimum atomic E-state index is -0.937. The summed E-state index contributed by atoms with van der Waals surface area (Å²) in [5.41, 5.74) is 0.310. The zero-order valence-electron chi connectivity index (χ0n) is 12.3. The number of carbonyl (C=O) groups excluding carboxylic acids is 1. The van der Waals surface area contributed by atoms with Gasteiger partial charge in [-0.3, -0.25) is 4.79 Å². The monoisotopic (exact) mass is 291 g/mol. The van der Waals surface area contributed by atoms with Crippen molar-refractivity contribution in [2.24, 2.45) is 0 Å². The molecule has 0 spiro atoms. The smallest absolute Gasteiger partial charge is 0.332 e. The lowest BCUT2D eigenvalue weighted by atomic mass is 9.84. The van der Waals surface area contributed by atoms with Gasteiger partial charge in [0, 0.05) is 6.54 Å². The van der Waals surface area contributed by atoms with Crippen LogP contribution in [0.15, 0.2) is 30.3 Å². The molecule has 1 aliphatic heterocycles. The lowest BCUT2D eigenvalue weighted by Gasteiger charge is -2.25. The number of benzene rings is 1. The Kier molecular flexibility index (Phi) is 4.63. The fourth-order valence-corrected chi connectivity index (χ4v) is 2.45. The van der Waals surface area contributed by atoms with Crippen molar-refractivity contribution in [1.82, 2.24) is 5.32 Å². The standard InChI is InChI=1S/C16H21NO4/c1-16(2,11-6-4-3-5-7-11)15(20)17-10-12-8-9-13(21-12)14(18)19/h3-7,12-13H,8-10H2,1-2H3,(H,17,20)(H,18,19). The Labute approximate surface area is 124 Å². The van der Waals surface area contributed by atoms with Crippen molar-refractivity contribution in [3.63, 3.8) is 0 Å². The summed E-state index contributed by atoms with van der Waals surface area (Å²) in [7, 11) is 0. The van der Waals surface area contributed by atoms with Gasteiger partial charge in [0.2, 0.25) is 5.91 Å². The van der Waals surface area contributed by atoms with Crippen LogP contribution in [0.3, 0.4) is 0 Å². The minimum Gasteiger partial charge on any atom is -0.479 e. The number of carbonyl (C=O) groups is 2. The summed E-state index contributed by atoms with van der Waals surface area (Å²) in [6.07, 6.45) is 0.191. The molecule has 2 N–H and O–H groups in total. The lowest BCUT2D eigenvalue weighted by Crippen LogP contribution is -2.43. The lowest BCUT2D eigenvalue weighted by molar-refractivity contribution is -0.149. The first-order valence-electron chi connectivity index (χ1n) is 7.13. The van der Waals surface area contributed by atoms with Crippen molar-refractivity contribution in [1.29, 1.82) is 0 Å². The van der Waals surface area contributed by atoms with Gasteiger partial charge in [-0.25, -0.2) is 4.79 Å². The van der Waals surface area contributed by atoms with E-state index in [-0.39, 0.29) is 12.0 Å². The first kappa shape index (κ1) is 15.5. The zero-order chi connectivity index (χ0) is 15.5. The van der Waals surface area contributed by atoms with E-state index in [1.54, 1.807) is 0 Å². The second kappa shape index (κ2) is 6.26. The Balaban J connectivity index is 1.89. The number of hydrogen-bond donors (Lipinski definition) is 2. The molecular weight excluding hydrogens is 270 g/mol. The second-order valence-corrected chi connectivity index (χ2v) is 5.86. The molecule has 1 amide bonds. The summed E-state index contributed by atoms with van der Waals surface area (Å²) < 4.78 is 5.38. The molecule has 1 heterocycles. The van der Waals surface area contributed by atoms with E-state index in [2.05, 4.69) is 5.32 Å². The molecule has 1 aromatic rings. The Morgan fingerprint density at radius 2 is 1.95 bits per heavy atom. The summed E-state index contributed by atoms with van der Waals surface area (Å²) >= 11 is 0. The molecule has 1 saturated heterocycles. The highest BCUT2D eigenvalue weighted by atomic mass is 16.5. The highest BCUT2D eigenvalue weighted by Gasteiger charge is 2.33. The largest absolute Gasteiger partial charge is 0.479 e. The summed E-state index contributed by atoms with van der Waals surface area (Å²) in [5, 5.41) is 11.7. The molecule has 2 unspecified atom stereocenters. The van der Waals surface area contributed by atoms with Crippen LogP contribution in [0.1, 0.15) is 32.3 Å². The van der Waals surface area contributed by atoms with E-state index in [9.17, 15) is 9.59 Å². The molecule has 0 radical (unpaired) electrons. The normalized spacial score (nSPS) is 22.0. The van der Waals surface area contributed by atoms with Gasteiger partial charge < -0.3 is 15.2 Å². The fourth-order valence-electron chi connectivity index (χ4n) is 2.45. The Morgan fingerprint density at radius 3 is 2.52 bits per heavy atom. The third-order valence-electron chi connectivity index (χ3n) is 3.94. The van der Waals surface area contributed by atoms with Crippen LogP contribution in [0.5, 0.6) is 0 Å². The van der Waals surface area contributed by atoms with Gasteiger partial charge in [-0.1, -0.05) is 30.3 Å².